The number of phenols is 1. The molecule has 3 N–H and O–H groups in total. The summed E-state index contributed by atoms with van der Waals surface area (Å²) in [5.74, 6) is 0.750. The summed E-state index contributed by atoms with van der Waals surface area (Å²) in [5.41, 5.74) is 6.42. The van der Waals surface area contributed by atoms with Gasteiger partial charge in [-0.1, -0.05) is 13.0 Å². The van der Waals surface area contributed by atoms with Gasteiger partial charge in [-0.2, -0.15) is 0 Å². The fraction of sp³-hybridized carbons (Fsp3) is 0.500. The monoisotopic (exact) mass is 266 g/mol. The number of hydrogen-bond donors (Lipinski definition) is 2. The number of hydrogen-bond acceptors (Lipinski definition) is 4. The molecule has 1 atom stereocenters. The van der Waals surface area contributed by atoms with E-state index >= 15 is 0 Å². The molecular weight excluding hydrogens is 244 g/mol. The normalized spacial score (nSPS) is 12.0. The lowest BCUT2D eigenvalue weighted by Crippen LogP contribution is -2.29. The SMILES string of the molecule is COc1cc(CN(C)C(=O)CC(C)CN)ccc1O. The number of phenolic OH excluding ortho intramolecular Hbond substituents is 1. The summed E-state index contributed by atoms with van der Waals surface area (Å²) in [4.78, 5) is 13.6. The lowest BCUT2D eigenvalue weighted by Gasteiger charge is -2.19. The highest BCUT2D eigenvalue weighted by Crippen LogP contribution is 2.26. The van der Waals surface area contributed by atoms with E-state index in [1.807, 2.05) is 6.92 Å². The van der Waals surface area contributed by atoms with Crippen molar-refractivity contribution in [3.8, 4) is 11.5 Å². The van der Waals surface area contributed by atoms with Crippen molar-refractivity contribution in [1.82, 2.24) is 4.90 Å². The summed E-state index contributed by atoms with van der Waals surface area (Å²) in [6.45, 7) is 2.94. The number of amides is 1. The van der Waals surface area contributed by atoms with Gasteiger partial charge in [0, 0.05) is 20.0 Å². The van der Waals surface area contributed by atoms with Gasteiger partial charge >= 0.3 is 0 Å². The molecule has 106 valence electrons. The number of methoxy groups -OCH3 is 1. The van der Waals surface area contributed by atoms with E-state index in [-0.39, 0.29) is 17.6 Å². The molecule has 0 heterocycles. The van der Waals surface area contributed by atoms with E-state index in [1.165, 1.54) is 7.11 Å². The van der Waals surface area contributed by atoms with Crippen molar-refractivity contribution >= 4 is 5.91 Å². The van der Waals surface area contributed by atoms with Gasteiger partial charge in [-0.25, -0.2) is 0 Å². The van der Waals surface area contributed by atoms with Crippen molar-refractivity contribution in [3.63, 3.8) is 0 Å². The zero-order valence-corrected chi connectivity index (χ0v) is 11.7. The van der Waals surface area contributed by atoms with E-state index in [2.05, 4.69) is 0 Å². The van der Waals surface area contributed by atoms with E-state index in [4.69, 9.17) is 10.5 Å². The molecule has 1 rings (SSSR count). The molecule has 0 aliphatic rings. The van der Waals surface area contributed by atoms with Crippen LogP contribution in [0.5, 0.6) is 11.5 Å². The van der Waals surface area contributed by atoms with Crippen LogP contribution in [0.4, 0.5) is 0 Å². The number of ether oxygens (including phenoxy) is 1. The Bertz CT molecular complexity index is 435. The van der Waals surface area contributed by atoms with Crippen LogP contribution in [0.25, 0.3) is 0 Å². The minimum Gasteiger partial charge on any atom is -0.504 e. The third kappa shape index (κ3) is 4.44. The van der Waals surface area contributed by atoms with Crippen molar-refractivity contribution in [3.05, 3.63) is 23.8 Å². The van der Waals surface area contributed by atoms with Gasteiger partial charge in [0.25, 0.3) is 0 Å². The molecule has 0 aromatic heterocycles. The molecule has 0 fully saturated rings. The van der Waals surface area contributed by atoms with Crippen LogP contribution in [0, 0.1) is 5.92 Å². The van der Waals surface area contributed by atoms with Crippen LogP contribution >= 0.6 is 0 Å². The zero-order chi connectivity index (χ0) is 14.4. The first-order chi connectivity index (χ1) is 8.97. The summed E-state index contributed by atoms with van der Waals surface area (Å²) in [6.07, 6.45) is 0.447. The largest absolute Gasteiger partial charge is 0.504 e. The van der Waals surface area contributed by atoms with Crippen LogP contribution in [0.2, 0.25) is 0 Å². The van der Waals surface area contributed by atoms with Crippen LogP contribution < -0.4 is 10.5 Å². The predicted octanol–water partition coefficient (Wildman–Crippen LogP) is 1.34. The van der Waals surface area contributed by atoms with E-state index in [0.717, 1.165) is 5.56 Å². The van der Waals surface area contributed by atoms with Crippen molar-refractivity contribution in [2.75, 3.05) is 20.7 Å². The number of rotatable bonds is 6. The van der Waals surface area contributed by atoms with Crippen LogP contribution in [-0.2, 0) is 11.3 Å². The van der Waals surface area contributed by atoms with Gasteiger partial charge in [0.05, 0.1) is 7.11 Å². The second kappa shape index (κ2) is 6.99. The summed E-state index contributed by atoms with van der Waals surface area (Å²) in [5, 5.41) is 9.51. The molecule has 1 aromatic carbocycles. The van der Waals surface area contributed by atoms with Crippen LogP contribution in [0.15, 0.2) is 18.2 Å². The second-order valence-electron chi connectivity index (χ2n) is 4.80. The first-order valence-electron chi connectivity index (χ1n) is 6.27. The number of aromatic hydroxyl groups is 1. The van der Waals surface area contributed by atoms with Gasteiger partial charge in [0.1, 0.15) is 0 Å². The molecule has 5 heteroatoms. The summed E-state index contributed by atoms with van der Waals surface area (Å²) in [7, 11) is 3.25. The quantitative estimate of drug-likeness (QED) is 0.814. The highest BCUT2D eigenvalue weighted by atomic mass is 16.5. The van der Waals surface area contributed by atoms with Gasteiger partial charge < -0.3 is 20.5 Å². The van der Waals surface area contributed by atoms with Crippen molar-refractivity contribution in [1.29, 1.82) is 0 Å². The van der Waals surface area contributed by atoms with Crippen molar-refractivity contribution in [2.24, 2.45) is 11.7 Å². The Balaban J connectivity index is 2.66. The lowest BCUT2D eigenvalue weighted by molar-refractivity contribution is -0.131. The Hall–Kier alpha value is -1.75. The topological polar surface area (TPSA) is 75.8 Å². The molecule has 1 amide bonds. The van der Waals surface area contributed by atoms with Gasteiger partial charge in [-0.3, -0.25) is 4.79 Å². The molecule has 0 saturated heterocycles. The molecule has 0 saturated carbocycles. The maximum atomic E-state index is 11.9. The molecule has 1 aromatic rings. The lowest BCUT2D eigenvalue weighted by atomic mass is 10.1. The van der Waals surface area contributed by atoms with Crippen LogP contribution in [0.1, 0.15) is 18.9 Å². The first kappa shape index (κ1) is 15.3. The standard InChI is InChI=1S/C14H22N2O3/c1-10(8-15)6-14(18)16(2)9-11-4-5-12(17)13(7-11)19-3/h4-5,7,10,17H,6,8-9,15H2,1-3H3. The van der Waals surface area contributed by atoms with Gasteiger partial charge in [-0.15, -0.1) is 0 Å². The molecule has 5 nitrogen and oxygen atoms in total. The second-order valence-corrected chi connectivity index (χ2v) is 4.80. The Kier molecular flexibility index (Phi) is 5.63. The average Bonchev–Trinajstić information content (AvgIpc) is 2.40. The average molecular weight is 266 g/mol. The highest BCUT2D eigenvalue weighted by molar-refractivity contribution is 5.76. The molecule has 19 heavy (non-hydrogen) atoms. The van der Waals surface area contributed by atoms with Crippen LogP contribution in [0.3, 0.4) is 0 Å². The third-order valence-electron chi connectivity index (χ3n) is 3.02. The molecule has 1 unspecified atom stereocenters. The number of benzene rings is 1. The van der Waals surface area contributed by atoms with Gasteiger partial charge in [-0.05, 0) is 30.2 Å². The summed E-state index contributed by atoms with van der Waals surface area (Å²) < 4.78 is 5.04. The van der Waals surface area contributed by atoms with E-state index in [1.54, 1.807) is 30.1 Å². The molecule has 0 bridgehead atoms. The molecule has 0 aliphatic carbocycles. The number of carbonyl (C=O) groups excluding carboxylic acids is 1. The number of nitrogens with zero attached hydrogens (tertiary/aromatic N) is 1. The highest BCUT2D eigenvalue weighted by Gasteiger charge is 2.13. The Morgan fingerprint density at radius 3 is 2.79 bits per heavy atom. The van der Waals surface area contributed by atoms with Gasteiger partial charge in [0.15, 0.2) is 11.5 Å². The molecule has 0 aliphatic heterocycles. The minimum atomic E-state index is 0.0602. The Morgan fingerprint density at radius 2 is 2.21 bits per heavy atom. The molecular formula is C14H22N2O3. The summed E-state index contributed by atoms with van der Waals surface area (Å²) >= 11 is 0. The minimum absolute atomic E-state index is 0.0602. The zero-order valence-electron chi connectivity index (χ0n) is 11.7. The van der Waals surface area contributed by atoms with E-state index in [0.29, 0.717) is 25.3 Å². The smallest absolute Gasteiger partial charge is 0.222 e. The fourth-order valence-corrected chi connectivity index (χ4v) is 1.72. The Labute approximate surface area is 114 Å². The summed E-state index contributed by atoms with van der Waals surface area (Å²) in [6, 6.07) is 5.06. The van der Waals surface area contributed by atoms with Crippen molar-refractivity contribution < 1.29 is 14.6 Å². The van der Waals surface area contributed by atoms with Crippen molar-refractivity contribution in [2.45, 2.75) is 19.9 Å². The van der Waals surface area contributed by atoms with Crippen LogP contribution in [-0.4, -0.2) is 36.6 Å². The fourth-order valence-electron chi connectivity index (χ4n) is 1.72. The number of carbonyl (C=O) groups is 1. The molecule has 0 radical (unpaired) electrons. The number of nitrogens with two attached hydrogens (primary N) is 1. The predicted molar refractivity (Wildman–Crippen MR) is 74.0 cm³/mol. The maximum Gasteiger partial charge on any atom is 0.222 e. The van der Waals surface area contributed by atoms with Gasteiger partial charge in [0.2, 0.25) is 5.91 Å². The first-order valence-corrected chi connectivity index (χ1v) is 6.27. The van der Waals surface area contributed by atoms with E-state index < -0.39 is 0 Å². The maximum absolute atomic E-state index is 11.9. The third-order valence-corrected chi connectivity index (χ3v) is 3.02. The van der Waals surface area contributed by atoms with E-state index in [9.17, 15) is 9.90 Å². The molecule has 0 spiro atoms. The Morgan fingerprint density at radius 1 is 1.53 bits per heavy atom.